The van der Waals surface area contributed by atoms with E-state index in [1.54, 1.807) is 18.1 Å². The van der Waals surface area contributed by atoms with Crippen LogP contribution in [0.15, 0.2) is 30.5 Å². The van der Waals surface area contributed by atoms with Gasteiger partial charge in [0.1, 0.15) is 5.82 Å². The van der Waals surface area contributed by atoms with Crippen LogP contribution >= 0.6 is 11.6 Å². The van der Waals surface area contributed by atoms with E-state index < -0.39 is 0 Å². The summed E-state index contributed by atoms with van der Waals surface area (Å²) in [6.07, 6.45) is 2.18. The van der Waals surface area contributed by atoms with Gasteiger partial charge in [0.15, 0.2) is 0 Å². The number of aromatic nitrogens is 2. The van der Waals surface area contributed by atoms with Crippen LogP contribution in [-0.2, 0) is 11.2 Å². The fraction of sp³-hybridized carbons (Fsp3) is 0.353. The first-order valence-corrected chi connectivity index (χ1v) is 8.37. The average Bonchev–Trinajstić information content (AvgIpc) is 2.90. The first-order chi connectivity index (χ1) is 11.6. The van der Waals surface area contributed by atoms with E-state index in [2.05, 4.69) is 19.8 Å². The molecule has 6 nitrogen and oxygen atoms in total. The van der Waals surface area contributed by atoms with E-state index in [0.717, 1.165) is 42.6 Å². The number of carbonyl (C=O) groups is 1. The van der Waals surface area contributed by atoms with Crippen molar-refractivity contribution < 1.29 is 4.79 Å². The Hall–Kier alpha value is -2.34. The number of hydrogen-bond donors (Lipinski definition) is 0. The topological polar surface area (TPSA) is 52.6 Å². The van der Waals surface area contributed by atoms with Gasteiger partial charge in [-0.1, -0.05) is 11.6 Å². The Labute approximate surface area is 145 Å². The Kier molecular flexibility index (Phi) is 3.76. The molecule has 0 saturated carbocycles. The van der Waals surface area contributed by atoms with Gasteiger partial charge in [-0.3, -0.25) is 9.69 Å². The van der Waals surface area contributed by atoms with Crippen molar-refractivity contribution in [2.45, 2.75) is 6.42 Å². The van der Waals surface area contributed by atoms with Crippen molar-refractivity contribution in [3.8, 4) is 0 Å². The maximum Gasteiger partial charge on any atom is 0.232 e. The minimum absolute atomic E-state index is 0.0732. The van der Waals surface area contributed by atoms with Gasteiger partial charge in [-0.15, -0.1) is 0 Å². The number of amides is 1. The van der Waals surface area contributed by atoms with Crippen LogP contribution in [0.4, 0.5) is 17.5 Å². The third-order valence-electron chi connectivity index (χ3n) is 4.62. The Morgan fingerprint density at radius 3 is 2.42 bits per heavy atom. The van der Waals surface area contributed by atoms with Crippen molar-refractivity contribution in [2.24, 2.45) is 0 Å². The van der Waals surface area contributed by atoms with Crippen molar-refractivity contribution in [1.82, 2.24) is 9.97 Å². The average molecular weight is 344 g/mol. The summed E-state index contributed by atoms with van der Waals surface area (Å²) in [5, 5.41) is 0.752. The number of piperazine rings is 1. The van der Waals surface area contributed by atoms with E-state index in [1.165, 1.54) is 5.69 Å². The molecule has 2 aliphatic heterocycles. The molecular weight excluding hydrogens is 326 g/mol. The standard InChI is InChI=1S/C17H18ClN5O/c1-21-15(24)10-12-11-19-17(20-16(12)21)23-8-6-22(7-9-23)14-4-2-13(18)3-5-14/h2-5,11H,6-10H2,1H3. The molecule has 0 bridgehead atoms. The van der Waals surface area contributed by atoms with Crippen molar-refractivity contribution in [1.29, 1.82) is 0 Å². The number of carbonyl (C=O) groups excluding carboxylic acids is 1. The third kappa shape index (κ3) is 2.67. The van der Waals surface area contributed by atoms with Gasteiger partial charge >= 0.3 is 0 Å². The Morgan fingerprint density at radius 2 is 1.71 bits per heavy atom. The highest BCUT2D eigenvalue weighted by Gasteiger charge is 2.28. The molecule has 7 heteroatoms. The van der Waals surface area contributed by atoms with Crippen LogP contribution in [-0.4, -0.2) is 49.1 Å². The normalized spacial score (nSPS) is 17.4. The molecule has 0 spiro atoms. The van der Waals surface area contributed by atoms with Crippen LogP contribution in [0.1, 0.15) is 5.56 Å². The number of anilines is 3. The second-order valence-electron chi connectivity index (χ2n) is 6.10. The quantitative estimate of drug-likeness (QED) is 0.834. The summed E-state index contributed by atoms with van der Waals surface area (Å²) in [4.78, 5) is 26.9. The van der Waals surface area contributed by atoms with Crippen LogP contribution in [0.25, 0.3) is 0 Å². The summed E-state index contributed by atoms with van der Waals surface area (Å²) >= 11 is 5.95. The van der Waals surface area contributed by atoms with Gasteiger partial charge < -0.3 is 9.80 Å². The van der Waals surface area contributed by atoms with Gasteiger partial charge in [0, 0.05) is 55.7 Å². The van der Waals surface area contributed by atoms with Gasteiger partial charge in [0.05, 0.1) is 6.42 Å². The smallest absolute Gasteiger partial charge is 0.232 e. The largest absolute Gasteiger partial charge is 0.368 e. The molecule has 0 radical (unpaired) electrons. The molecule has 124 valence electrons. The number of hydrogen-bond acceptors (Lipinski definition) is 5. The molecule has 0 unspecified atom stereocenters. The van der Waals surface area contributed by atoms with Gasteiger partial charge in [-0.2, -0.15) is 4.98 Å². The second kappa shape index (κ2) is 5.94. The molecule has 0 atom stereocenters. The van der Waals surface area contributed by atoms with Crippen LogP contribution < -0.4 is 14.7 Å². The number of rotatable bonds is 2. The Balaban J connectivity index is 1.47. The number of benzene rings is 1. The number of likely N-dealkylation sites (N-methyl/N-ethyl adjacent to an activating group) is 1. The molecule has 2 aliphatic rings. The minimum Gasteiger partial charge on any atom is -0.368 e. The second-order valence-corrected chi connectivity index (χ2v) is 6.54. The van der Waals surface area contributed by atoms with E-state index in [1.807, 2.05) is 24.3 Å². The zero-order valence-electron chi connectivity index (χ0n) is 13.4. The van der Waals surface area contributed by atoms with Crippen LogP contribution in [0.2, 0.25) is 5.02 Å². The lowest BCUT2D eigenvalue weighted by Crippen LogP contribution is -2.47. The maximum absolute atomic E-state index is 11.8. The van der Waals surface area contributed by atoms with Crippen molar-refractivity contribution in [3.63, 3.8) is 0 Å². The summed E-state index contributed by atoms with van der Waals surface area (Å²) in [6.45, 7) is 3.49. The predicted octanol–water partition coefficient (Wildman–Crippen LogP) is 1.98. The summed E-state index contributed by atoms with van der Waals surface area (Å²) in [7, 11) is 1.77. The summed E-state index contributed by atoms with van der Waals surface area (Å²) in [5.74, 6) is 1.51. The maximum atomic E-state index is 11.8. The first-order valence-electron chi connectivity index (χ1n) is 8.00. The summed E-state index contributed by atoms with van der Waals surface area (Å²) < 4.78 is 0. The van der Waals surface area contributed by atoms with Crippen LogP contribution in [0, 0.1) is 0 Å². The predicted molar refractivity (Wildman–Crippen MR) is 95.0 cm³/mol. The Bertz CT molecular complexity index is 771. The lowest BCUT2D eigenvalue weighted by Gasteiger charge is -2.36. The molecular formula is C17H18ClN5O. The highest BCUT2D eigenvalue weighted by molar-refractivity contribution is 6.30. The van der Waals surface area contributed by atoms with Gasteiger partial charge in [-0.05, 0) is 24.3 Å². The molecule has 24 heavy (non-hydrogen) atoms. The number of fused-ring (bicyclic) bond motifs is 1. The molecule has 1 saturated heterocycles. The molecule has 0 aliphatic carbocycles. The van der Waals surface area contributed by atoms with Crippen molar-refractivity contribution >= 4 is 35.0 Å². The van der Waals surface area contributed by atoms with Crippen molar-refractivity contribution in [3.05, 3.63) is 41.0 Å². The number of nitrogens with zero attached hydrogens (tertiary/aromatic N) is 5. The zero-order chi connectivity index (χ0) is 16.7. The van der Waals surface area contributed by atoms with Gasteiger partial charge in [-0.25, -0.2) is 4.98 Å². The molecule has 1 fully saturated rings. The van der Waals surface area contributed by atoms with Crippen molar-refractivity contribution in [2.75, 3.05) is 47.9 Å². The third-order valence-corrected chi connectivity index (χ3v) is 4.87. The highest BCUT2D eigenvalue weighted by Crippen LogP contribution is 2.27. The van der Waals surface area contributed by atoms with Gasteiger partial charge in [0.2, 0.25) is 11.9 Å². The number of halogens is 1. The highest BCUT2D eigenvalue weighted by atomic mass is 35.5. The van der Waals surface area contributed by atoms with E-state index in [4.69, 9.17) is 11.6 Å². The van der Waals surface area contributed by atoms with E-state index in [-0.39, 0.29) is 5.91 Å². The molecule has 3 heterocycles. The molecule has 0 N–H and O–H groups in total. The SMILES string of the molecule is CN1C(=O)Cc2cnc(N3CCN(c4ccc(Cl)cc4)CC3)nc21. The lowest BCUT2D eigenvalue weighted by atomic mass is 10.2. The zero-order valence-corrected chi connectivity index (χ0v) is 14.2. The van der Waals surface area contributed by atoms with E-state index >= 15 is 0 Å². The fourth-order valence-corrected chi connectivity index (χ4v) is 3.30. The van der Waals surface area contributed by atoms with E-state index in [0.29, 0.717) is 12.4 Å². The van der Waals surface area contributed by atoms with Crippen LogP contribution in [0.3, 0.4) is 0 Å². The molecule has 1 aromatic heterocycles. The minimum atomic E-state index is 0.0732. The van der Waals surface area contributed by atoms with Gasteiger partial charge in [0.25, 0.3) is 0 Å². The molecule has 2 aromatic rings. The Morgan fingerprint density at radius 1 is 1.04 bits per heavy atom. The molecule has 1 aromatic carbocycles. The van der Waals surface area contributed by atoms with E-state index in [9.17, 15) is 4.79 Å². The molecule has 4 rings (SSSR count). The molecule has 1 amide bonds. The van der Waals surface area contributed by atoms with Crippen LogP contribution in [0.5, 0.6) is 0 Å². The lowest BCUT2D eigenvalue weighted by molar-refractivity contribution is -0.117. The monoisotopic (exact) mass is 343 g/mol. The summed E-state index contributed by atoms with van der Waals surface area (Å²) in [6, 6.07) is 7.92. The first kappa shape index (κ1) is 15.2. The fourth-order valence-electron chi connectivity index (χ4n) is 3.17. The summed E-state index contributed by atoms with van der Waals surface area (Å²) in [5.41, 5.74) is 2.09.